The lowest BCUT2D eigenvalue weighted by Gasteiger charge is -2.28. The number of anilines is 4. The van der Waals surface area contributed by atoms with E-state index in [2.05, 4.69) is 0 Å². The van der Waals surface area contributed by atoms with Crippen LogP contribution in [0.15, 0.2) is 165 Å². The Labute approximate surface area is 480 Å². The van der Waals surface area contributed by atoms with Gasteiger partial charge in [0.15, 0.2) is 0 Å². The number of nitrogens with zero attached hydrogens (tertiary/aromatic N) is 8. The van der Waals surface area contributed by atoms with Crippen molar-refractivity contribution in [3.05, 3.63) is 146 Å². The number of hydrogen-bond donors (Lipinski definition) is 0. The van der Waals surface area contributed by atoms with Gasteiger partial charge in [-0.05, 0) is 67.8 Å². The summed E-state index contributed by atoms with van der Waals surface area (Å²) in [6.45, 7) is 3.34. The lowest BCUT2D eigenvalue weighted by atomic mass is 10.1. The number of fused-ring (bicyclic) bond motifs is 4. The first kappa shape index (κ1) is 60.7. The highest BCUT2D eigenvalue weighted by Gasteiger charge is 2.33. The number of hydrogen-bond acceptors (Lipinski definition) is 12. The van der Waals surface area contributed by atoms with Crippen LogP contribution in [0.4, 0.5) is 22.7 Å². The van der Waals surface area contributed by atoms with Crippen LogP contribution >= 0.6 is 0 Å². The number of benzene rings is 8. The Bertz CT molecular complexity index is 3790. The predicted molar refractivity (Wildman–Crippen MR) is 333 cm³/mol. The minimum Gasteiger partial charge on any atom is -0.377 e. The minimum atomic E-state index is -4.34. The molecule has 8 aromatic carbocycles. The summed E-state index contributed by atoms with van der Waals surface area (Å²) in [5.41, 5.74) is 3.38. The molecule has 0 saturated carbocycles. The van der Waals surface area contributed by atoms with E-state index in [-0.39, 0.29) is 91.2 Å². The molecule has 8 aromatic rings. The fourth-order valence-corrected chi connectivity index (χ4v) is 17.8. The summed E-state index contributed by atoms with van der Waals surface area (Å²) in [7, 11) is -1.66. The highest BCUT2D eigenvalue weighted by molar-refractivity contribution is 7.90. The quantitative estimate of drug-likeness (QED) is 0.0505. The lowest BCUT2D eigenvalue weighted by molar-refractivity contribution is 0.332. The van der Waals surface area contributed by atoms with Crippen molar-refractivity contribution in [3.8, 4) is 0 Å². The van der Waals surface area contributed by atoms with Crippen LogP contribution < -0.4 is 19.6 Å². The summed E-state index contributed by atoms with van der Waals surface area (Å²) < 4.78 is 125. The maximum absolute atomic E-state index is 15.4. The SMILES string of the molecule is CCN(CCCN(C[14CH2]CN(CCCN(CC)S(=O)(=O)c1cccc2c(N(C)C)cccc12)S(=O)(=O)c1cccc2c(N(C)C)cccc12)S(=O)(=O)c1cccc2c(N(C)C)cccc12)S(=O)(=O)c1cccc2c(N(C)C)cccc12. The standard InChI is InChI=1S/C61H76N8O8S4/c1-11-66(78(70,71)58-36-17-24-46-50(58)28-13-32-54(46)62(3)4)40-21-42-68(80(74,75)60-38-19-26-48-52(60)30-15-34-56(48)64(7)8)44-23-45-69(81(76,77)61-39-20-27-49-53(61)31-16-35-57(49)65(9)10)43-22-41-67(12-2)79(72,73)59-37-18-25-47-51(59)29-14-33-55(47)63(5)6/h13-20,24-39H,11-12,21-23,40-45H2,1-10H3/i23+2. The summed E-state index contributed by atoms with van der Waals surface area (Å²) in [6.07, 6.45) is 0.281. The van der Waals surface area contributed by atoms with Gasteiger partial charge in [0.25, 0.3) is 0 Å². The van der Waals surface area contributed by atoms with E-state index in [4.69, 9.17) is 0 Å². The summed E-state index contributed by atoms with van der Waals surface area (Å²) in [6, 6.07) is 42.9. The first-order chi connectivity index (χ1) is 38.5. The summed E-state index contributed by atoms with van der Waals surface area (Å²) >= 11 is 0. The van der Waals surface area contributed by atoms with Gasteiger partial charge in [-0.15, -0.1) is 0 Å². The molecular formula is C61H76N8O8S4. The van der Waals surface area contributed by atoms with Gasteiger partial charge in [0.05, 0.1) is 19.6 Å². The topological polar surface area (TPSA) is 162 Å². The molecule has 0 aromatic heterocycles. The number of sulfonamides is 4. The Morgan fingerprint density at radius 1 is 0.296 bits per heavy atom. The molecule has 0 spiro atoms. The zero-order valence-corrected chi connectivity index (χ0v) is 51.4. The van der Waals surface area contributed by atoms with Gasteiger partial charge >= 0.3 is 0 Å². The summed E-state index contributed by atoms with van der Waals surface area (Å²) in [5, 5.41) is 5.19. The average molecular weight is 1180 g/mol. The molecule has 0 amide bonds. The Morgan fingerprint density at radius 2 is 0.506 bits per heavy atom. The van der Waals surface area contributed by atoms with Crippen LogP contribution in [0, 0.1) is 0 Å². The van der Waals surface area contributed by atoms with Crippen molar-refractivity contribution >= 4 is 106 Å². The van der Waals surface area contributed by atoms with Crippen molar-refractivity contribution in [1.82, 2.24) is 17.2 Å². The molecule has 81 heavy (non-hydrogen) atoms. The van der Waals surface area contributed by atoms with Crippen LogP contribution in [-0.4, -0.2) is 160 Å². The maximum Gasteiger partial charge on any atom is 0.243 e. The van der Waals surface area contributed by atoms with Crippen molar-refractivity contribution in [2.45, 2.75) is 52.7 Å². The van der Waals surface area contributed by atoms with Crippen molar-refractivity contribution < 1.29 is 33.7 Å². The normalized spacial score (nSPS) is 12.7. The molecule has 0 aliphatic rings. The first-order valence-electron chi connectivity index (χ1n) is 27.2. The van der Waals surface area contributed by atoms with Crippen molar-refractivity contribution in [2.75, 3.05) is 128 Å². The lowest BCUT2D eigenvalue weighted by Crippen LogP contribution is -2.40. The van der Waals surface area contributed by atoms with Gasteiger partial charge in [-0.1, -0.05) is 111 Å². The van der Waals surface area contributed by atoms with Crippen molar-refractivity contribution in [3.63, 3.8) is 0 Å². The molecule has 0 bridgehead atoms. The Kier molecular flexibility index (Phi) is 18.8. The molecule has 8 rings (SSSR count). The second kappa shape index (κ2) is 25.0. The Balaban J connectivity index is 1.13. The number of rotatable bonds is 26. The van der Waals surface area contributed by atoms with Gasteiger partial charge in [-0.25, -0.2) is 33.7 Å². The van der Waals surface area contributed by atoms with Gasteiger partial charge in [0, 0.05) is 175 Å². The molecule has 0 radical (unpaired) electrons. The summed E-state index contributed by atoms with van der Waals surface area (Å²) in [4.78, 5) is 8.14. The molecule has 0 unspecified atom stereocenters. The minimum absolute atomic E-state index is 0.00211. The molecule has 0 heterocycles. The van der Waals surface area contributed by atoms with Gasteiger partial charge in [0.1, 0.15) is 0 Å². The molecule has 20 heteroatoms. The first-order valence-corrected chi connectivity index (χ1v) is 33.0. The zero-order chi connectivity index (χ0) is 58.6. The summed E-state index contributed by atoms with van der Waals surface area (Å²) in [5.74, 6) is 0. The fourth-order valence-electron chi connectivity index (χ4n) is 10.9. The largest absolute Gasteiger partial charge is 0.377 e. The molecule has 0 N–H and O–H groups in total. The van der Waals surface area contributed by atoms with Crippen LogP contribution in [0.25, 0.3) is 43.1 Å². The van der Waals surface area contributed by atoms with E-state index >= 15 is 16.8 Å². The second-order valence-electron chi connectivity index (χ2n) is 21.0. The predicted octanol–water partition coefficient (Wildman–Crippen LogP) is 9.84. The molecule has 0 fully saturated rings. The third-order valence-electron chi connectivity index (χ3n) is 15.0. The average Bonchev–Trinajstić information content (AvgIpc) is 3.48. The third-order valence-corrected chi connectivity index (χ3v) is 23.0. The molecule has 16 nitrogen and oxygen atoms in total. The zero-order valence-electron chi connectivity index (χ0n) is 48.1. The van der Waals surface area contributed by atoms with E-state index in [1.807, 2.05) is 149 Å². The molecule has 0 atom stereocenters. The van der Waals surface area contributed by atoms with Gasteiger partial charge in [-0.3, -0.25) is 0 Å². The van der Waals surface area contributed by atoms with Crippen LogP contribution in [0.5, 0.6) is 0 Å². The van der Waals surface area contributed by atoms with Crippen LogP contribution in [0.2, 0.25) is 0 Å². The highest BCUT2D eigenvalue weighted by atomic mass is 32.2. The van der Waals surface area contributed by atoms with Crippen molar-refractivity contribution in [2.24, 2.45) is 0 Å². The monoisotopic (exact) mass is 1180 g/mol. The molecule has 432 valence electrons. The molecule has 0 aliphatic heterocycles. The van der Waals surface area contributed by atoms with Crippen LogP contribution in [-0.2, 0) is 40.1 Å². The molecule has 0 saturated heterocycles. The van der Waals surface area contributed by atoms with Gasteiger partial charge in [-0.2, -0.15) is 17.2 Å². The molecular weight excluding hydrogens is 1100 g/mol. The second-order valence-corrected chi connectivity index (χ2v) is 28.6. The van der Waals surface area contributed by atoms with Crippen LogP contribution in [0.1, 0.15) is 33.1 Å². The van der Waals surface area contributed by atoms with Crippen molar-refractivity contribution in [1.29, 1.82) is 0 Å². The Morgan fingerprint density at radius 3 is 0.741 bits per heavy atom. The van der Waals surface area contributed by atoms with E-state index < -0.39 is 40.1 Å². The van der Waals surface area contributed by atoms with Gasteiger partial charge < -0.3 is 19.6 Å². The Hall–Kier alpha value is -6.36. The van der Waals surface area contributed by atoms with E-state index in [0.717, 1.165) is 44.3 Å². The maximum atomic E-state index is 15.4. The van der Waals surface area contributed by atoms with E-state index in [1.165, 1.54) is 17.2 Å². The van der Waals surface area contributed by atoms with Crippen LogP contribution in [0.3, 0.4) is 0 Å². The fraction of sp³-hybridized carbons (Fsp3) is 0.344. The smallest absolute Gasteiger partial charge is 0.243 e. The van der Waals surface area contributed by atoms with E-state index in [1.54, 1.807) is 86.6 Å². The van der Waals surface area contributed by atoms with E-state index in [9.17, 15) is 16.8 Å². The van der Waals surface area contributed by atoms with Gasteiger partial charge in [0.2, 0.25) is 40.1 Å². The highest BCUT2D eigenvalue weighted by Crippen LogP contribution is 2.37. The van der Waals surface area contributed by atoms with E-state index in [0.29, 0.717) is 21.5 Å². The molecule has 0 aliphatic carbocycles. The third kappa shape index (κ3) is 12.3.